The van der Waals surface area contributed by atoms with Crippen molar-refractivity contribution in [3.05, 3.63) is 52.2 Å². The van der Waals surface area contributed by atoms with E-state index >= 15 is 0 Å². The molecule has 26 heavy (non-hydrogen) atoms. The van der Waals surface area contributed by atoms with E-state index in [0.717, 1.165) is 28.8 Å². The largest absolute Gasteiger partial charge is 0.284 e. The molecular formula is C18H21N3O3S2. The lowest BCUT2D eigenvalue weighted by Crippen LogP contribution is -2.26. The van der Waals surface area contributed by atoms with Gasteiger partial charge in [0, 0.05) is 23.4 Å². The van der Waals surface area contributed by atoms with E-state index in [-0.39, 0.29) is 11.9 Å². The van der Waals surface area contributed by atoms with E-state index < -0.39 is 10.0 Å². The van der Waals surface area contributed by atoms with E-state index in [4.69, 9.17) is 0 Å². The molecule has 1 atom stereocenters. The lowest BCUT2D eigenvalue weighted by molar-refractivity contribution is -0.132. The average molecular weight is 392 g/mol. The number of amides is 1. The maximum absolute atomic E-state index is 12.5. The zero-order valence-electron chi connectivity index (χ0n) is 14.7. The van der Waals surface area contributed by atoms with Crippen molar-refractivity contribution in [1.82, 2.24) is 5.01 Å². The molecule has 0 saturated heterocycles. The number of nitrogens with zero attached hydrogens (tertiary/aromatic N) is 2. The van der Waals surface area contributed by atoms with Gasteiger partial charge in [0.15, 0.2) is 0 Å². The highest BCUT2D eigenvalue weighted by Gasteiger charge is 2.33. The monoisotopic (exact) mass is 391 g/mol. The summed E-state index contributed by atoms with van der Waals surface area (Å²) in [4.78, 5) is 13.6. The summed E-state index contributed by atoms with van der Waals surface area (Å²) in [5.74, 6) is 0.0243. The molecule has 0 spiro atoms. The summed E-state index contributed by atoms with van der Waals surface area (Å²) in [6, 6.07) is 11.0. The minimum Gasteiger partial charge on any atom is -0.284 e. The van der Waals surface area contributed by atoms with E-state index in [1.807, 2.05) is 36.6 Å². The summed E-state index contributed by atoms with van der Waals surface area (Å²) in [7, 11) is -3.31. The molecule has 2 aromatic rings. The lowest BCUT2D eigenvalue weighted by atomic mass is 10.0. The summed E-state index contributed by atoms with van der Waals surface area (Å²) >= 11 is 1.62. The molecule has 1 aliphatic rings. The molecule has 1 amide bonds. The van der Waals surface area contributed by atoms with E-state index in [1.165, 1.54) is 0 Å². The Morgan fingerprint density at radius 1 is 1.31 bits per heavy atom. The summed E-state index contributed by atoms with van der Waals surface area (Å²) in [5, 5.41) is 8.19. The summed E-state index contributed by atoms with van der Waals surface area (Å²) in [6.45, 7) is 1.98. The van der Waals surface area contributed by atoms with Gasteiger partial charge >= 0.3 is 0 Å². The van der Waals surface area contributed by atoms with Gasteiger partial charge in [-0.3, -0.25) is 9.52 Å². The number of benzene rings is 1. The van der Waals surface area contributed by atoms with E-state index in [2.05, 4.69) is 9.82 Å². The number of hydrazone groups is 1. The second kappa shape index (κ2) is 7.59. The number of nitrogens with one attached hydrogen (secondary N) is 1. The van der Waals surface area contributed by atoms with Crippen molar-refractivity contribution in [2.24, 2.45) is 5.10 Å². The summed E-state index contributed by atoms with van der Waals surface area (Å²) < 4.78 is 25.1. The predicted octanol–water partition coefficient (Wildman–Crippen LogP) is 3.60. The minimum atomic E-state index is -3.31. The third-order valence-corrected chi connectivity index (χ3v) is 5.60. The third kappa shape index (κ3) is 4.31. The van der Waals surface area contributed by atoms with Crippen LogP contribution in [-0.4, -0.2) is 31.3 Å². The van der Waals surface area contributed by atoms with Crippen molar-refractivity contribution in [2.75, 3.05) is 11.0 Å². The standard InChI is InChI=1S/C18H21N3O3S2/c1-3-5-18(22)21-16(17-6-4-11-25-17)12-15(19-21)13-7-9-14(10-8-13)20-26(2,23)24/h4,6-11,16,20H,3,5,12H2,1-2H3/t16-/m0/s1. The summed E-state index contributed by atoms with van der Waals surface area (Å²) in [6.07, 6.45) is 3.01. The molecule has 1 aromatic heterocycles. The van der Waals surface area contributed by atoms with Crippen molar-refractivity contribution in [1.29, 1.82) is 0 Å². The first-order chi connectivity index (χ1) is 12.4. The van der Waals surface area contributed by atoms with Gasteiger partial charge in [-0.2, -0.15) is 5.10 Å². The Bertz CT molecular complexity index is 904. The van der Waals surface area contributed by atoms with Crippen LogP contribution in [0.3, 0.4) is 0 Å². The van der Waals surface area contributed by atoms with Crippen molar-refractivity contribution >= 4 is 38.7 Å². The van der Waals surface area contributed by atoms with Crippen LogP contribution >= 0.6 is 11.3 Å². The molecule has 0 radical (unpaired) electrons. The fraction of sp³-hybridized carbons (Fsp3) is 0.333. The van der Waals surface area contributed by atoms with Crippen LogP contribution < -0.4 is 4.72 Å². The molecule has 0 saturated carbocycles. The molecule has 0 aliphatic carbocycles. The predicted molar refractivity (Wildman–Crippen MR) is 105 cm³/mol. The molecule has 0 unspecified atom stereocenters. The molecule has 0 bridgehead atoms. The first-order valence-electron chi connectivity index (χ1n) is 8.38. The molecule has 1 N–H and O–H groups in total. The maximum Gasteiger partial charge on any atom is 0.243 e. The molecule has 2 heterocycles. The normalized spacial score (nSPS) is 17.2. The lowest BCUT2D eigenvalue weighted by Gasteiger charge is -2.20. The van der Waals surface area contributed by atoms with Gasteiger partial charge in [-0.1, -0.05) is 25.1 Å². The molecular weight excluding hydrogens is 370 g/mol. The van der Waals surface area contributed by atoms with E-state index in [9.17, 15) is 13.2 Å². The Labute approximate surface area is 157 Å². The zero-order valence-corrected chi connectivity index (χ0v) is 16.3. The van der Waals surface area contributed by atoms with Crippen LogP contribution in [-0.2, 0) is 14.8 Å². The Balaban J connectivity index is 1.85. The topological polar surface area (TPSA) is 78.8 Å². The van der Waals surface area contributed by atoms with Crippen LogP contribution in [0.15, 0.2) is 46.9 Å². The number of thiophene rings is 1. The highest BCUT2D eigenvalue weighted by molar-refractivity contribution is 7.92. The highest BCUT2D eigenvalue weighted by atomic mass is 32.2. The smallest absolute Gasteiger partial charge is 0.243 e. The molecule has 1 aromatic carbocycles. The van der Waals surface area contributed by atoms with E-state index in [0.29, 0.717) is 18.5 Å². The molecule has 1 aliphatic heterocycles. The van der Waals surface area contributed by atoms with Gasteiger partial charge in [-0.05, 0) is 35.6 Å². The van der Waals surface area contributed by atoms with Crippen LogP contribution in [0.4, 0.5) is 5.69 Å². The number of carbonyl (C=O) groups is 1. The number of hydrogen-bond acceptors (Lipinski definition) is 5. The number of rotatable bonds is 6. The van der Waals surface area contributed by atoms with Gasteiger partial charge in [0.2, 0.25) is 15.9 Å². The van der Waals surface area contributed by atoms with Gasteiger partial charge in [-0.25, -0.2) is 13.4 Å². The van der Waals surface area contributed by atoms with Crippen LogP contribution in [0.25, 0.3) is 0 Å². The van der Waals surface area contributed by atoms with Crippen LogP contribution in [0, 0.1) is 0 Å². The Morgan fingerprint density at radius 2 is 2.04 bits per heavy atom. The SMILES string of the molecule is CCCC(=O)N1N=C(c2ccc(NS(C)(=O)=O)cc2)C[C@H]1c1cccs1. The van der Waals surface area contributed by atoms with Crippen molar-refractivity contribution in [3.8, 4) is 0 Å². The molecule has 138 valence electrons. The van der Waals surface area contributed by atoms with Crippen LogP contribution in [0.5, 0.6) is 0 Å². The molecule has 3 rings (SSSR count). The highest BCUT2D eigenvalue weighted by Crippen LogP contribution is 2.35. The quantitative estimate of drug-likeness (QED) is 0.817. The van der Waals surface area contributed by atoms with Gasteiger partial charge < -0.3 is 0 Å². The second-order valence-electron chi connectivity index (χ2n) is 6.22. The fourth-order valence-corrected chi connectivity index (χ4v) is 4.27. The zero-order chi connectivity index (χ0) is 18.7. The van der Waals surface area contributed by atoms with Crippen LogP contribution in [0.2, 0.25) is 0 Å². The number of hydrogen-bond donors (Lipinski definition) is 1. The Kier molecular flexibility index (Phi) is 5.43. The van der Waals surface area contributed by atoms with Crippen molar-refractivity contribution < 1.29 is 13.2 Å². The van der Waals surface area contributed by atoms with E-state index in [1.54, 1.807) is 28.5 Å². The molecule has 8 heteroatoms. The number of anilines is 1. The van der Waals surface area contributed by atoms with Crippen molar-refractivity contribution in [2.45, 2.75) is 32.2 Å². The van der Waals surface area contributed by atoms with Gasteiger partial charge in [0.25, 0.3) is 0 Å². The fourth-order valence-electron chi connectivity index (χ4n) is 2.89. The average Bonchev–Trinajstić information content (AvgIpc) is 3.23. The van der Waals surface area contributed by atoms with Gasteiger partial charge in [-0.15, -0.1) is 11.3 Å². The second-order valence-corrected chi connectivity index (χ2v) is 8.95. The van der Waals surface area contributed by atoms with Gasteiger partial charge in [0.05, 0.1) is 18.0 Å². The third-order valence-electron chi connectivity index (χ3n) is 4.02. The minimum absolute atomic E-state index is 0.0243. The number of sulfonamides is 1. The maximum atomic E-state index is 12.5. The first kappa shape index (κ1) is 18.6. The Hall–Kier alpha value is -2.19. The Morgan fingerprint density at radius 3 is 2.62 bits per heavy atom. The molecule has 6 nitrogen and oxygen atoms in total. The van der Waals surface area contributed by atoms with Crippen LogP contribution in [0.1, 0.15) is 42.7 Å². The number of carbonyl (C=O) groups excluding carboxylic acids is 1. The molecule has 0 fully saturated rings. The van der Waals surface area contributed by atoms with Gasteiger partial charge in [0.1, 0.15) is 0 Å². The summed E-state index contributed by atoms with van der Waals surface area (Å²) in [5.41, 5.74) is 2.22. The first-order valence-corrected chi connectivity index (χ1v) is 11.2. The van der Waals surface area contributed by atoms with Crippen molar-refractivity contribution in [3.63, 3.8) is 0 Å².